The maximum atomic E-state index is 12.9. The molecule has 1 aliphatic rings. The van der Waals surface area contributed by atoms with Gasteiger partial charge in [0, 0.05) is 13.1 Å². The van der Waals surface area contributed by atoms with E-state index in [-0.39, 0.29) is 37.4 Å². The highest BCUT2D eigenvalue weighted by Crippen LogP contribution is 2.37. The van der Waals surface area contributed by atoms with Gasteiger partial charge < -0.3 is 10.0 Å². The molecule has 1 fully saturated rings. The zero-order valence-electron chi connectivity index (χ0n) is 13.4. The Hall–Kier alpha value is -2.00. The topological polar surface area (TPSA) is 66.3 Å². The van der Waals surface area contributed by atoms with Gasteiger partial charge in [-0.15, -0.1) is 5.10 Å². The highest BCUT2D eigenvalue weighted by atomic mass is 32.1. The summed E-state index contributed by atoms with van der Waals surface area (Å²) in [7, 11) is 0. The molecule has 1 aromatic carbocycles. The number of aliphatic hydroxyl groups is 1. The average molecular weight is 371 g/mol. The fourth-order valence-electron chi connectivity index (χ4n) is 2.92. The minimum atomic E-state index is -4.46. The molecule has 0 spiro atoms. The molecule has 3 rings (SSSR count). The number of alkyl halides is 3. The first-order valence-electron chi connectivity index (χ1n) is 7.69. The van der Waals surface area contributed by atoms with E-state index < -0.39 is 17.3 Å². The van der Waals surface area contributed by atoms with Crippen LogP contribution < -0.4 is 0 Å². The lowest BCUT2D eigenvalue weighted by molar-refractivity contribution is -0.137. The molecule has 0 aliphatic carbocycles. The predicted molar refractivity (Wildman–Crippen MR) is 85.1 cm³/mol. The van der Waals surface area contributed by atoms with Crippen LogP contribution in [0.5, 0.6) is 0 Å². The van der Waals surface area contributed by atoms with E-state index in [0.717, 1.165) is 23.7 Å². The smallest absolute Gasteiger partial charge is 0.385 e. The van der Waals surface area contributed by atoms with Gasteiger partial charge in [-0.1, -0.05) is 16.6 Å². The Balaban J connectivity index is 1.75. The van der Waals surface area contributed by atoms with E-state index in [2.05, 4.69) is 9.59 Å². The summed E-state index contributed by atoms with van der Waals surface area (Å²) in [6.07, 6.45) is -4.11. The monoisotopic (exact) mass is 371 g/mol. The molecule has 0 unspecified atom stereocenters. The van der Waals surface area contributed by atoms with Gasteiger partial charge in [0.15, 0.2) is 0 Å². The van der Waals surface area contributed by atoms with Crippen molar-refractivity contribution in [3.63, 3.8) is 0 Å². The van der Waals surface area contributed by atoms with Gasteiger partial charge in [-0.05, 0) is 49.0 Å². The SMILES string of the molecule is Cc1nnsc1C(=O)N1CCC(O)(c2cccc(C(F)(F)F)c2)CC1. The summed E-state index contributed by atoms with van der Waals surface area (Å²) >= 11 is 1.01. The summed E-state index contributed by atoms with van der Waals surface area (Å²) < 4.78 is 42.4. The zero-order chi connectivity index (χ0) is 18.2. The second-order valence-electron chi connectivity index (χ2n) is 6.09. The first-order valence-corrected chi connectivity index (χ1v) is 8.46. The minimum absolute atomic E-state index is 0.172. The van der Waals surface area contributed by atoms with Crippen molar-refractivity contribution < 1.29 is 23.1 Å². The number of aromatic nitrogens is 2. The van der Waals surface area contributed by atoms with Gasteiger partial charge in [0.2, 0.25) is 0 Å². The number of nitrogens with zero attached hydrogens (tertiary/aromatic N) is 3. The number of halogens is 3. The molecule has 134 valence electrons. The lowest BCUT2D eigenvalue weighted by Crippen LogP contribution is -2.45. The van der Waals surface area contributed by atoms with Crippen LogP contribution in [0.3, 0.4) is 0 Å². The molecule has 2 aromatic rings. The van der Waals surface area contributed by atoms with Gasteiger partial charge in [-0.2, -0.15) is 13.2 Å². The average Bonchev–Trinajstić information content (AvgIpc) is 3.00. The number of rotatable bonds is 2. The molecule has 25 heavy (non-hydrogen) atoms. The van der Waals surface area contributed by atoms with Crippen molar-refractivity contribution in [3.8, 4) is 0 Å². The first-order chi connectivity index (χ1) is 11.7. The van der Waals surface area contributed by atoms with Crippen LogP contribution in [0.4, 0.5) is 13.2 Å². The zero-order valence-corrected chi connectivity index (χ0v) is 14.2. The molecule has 0 bridgehead atoms. The number of carbonyl (C=O) groups is 1. The van der Waals surface area contributed by atoms with Crippen molar-refractivity contribution in [2.45, 2.75) is 31.5 Å². The van der Waals surface area contributed by atoms with Crippen molar-refractivity contribution in [1.29, 1.82) is 0 Å². The van der Waals surface area contributed by atoms with Gasteiger partial charge in [0.25, 0.3) is 5.91 Å². The Labute approximate surface area is 146 Å². The molecule has 0 atom stereocenters. The summed E-state index contributed by atoms with van der Waals surface area (Å²) in [5.41, 5.74) is -1.39. The standard InChI is InChI=1S/C16H16F3N3O2S/c1-10-13(25-21-20-10)14(23)22-7-5-15(24,6-8-22)11-3-2-4-12(9-11)16(17,18)19/h2-4,9,24H,5-8H2,1H3. The molecule has 2 heterocycles. The van der Waals surface area contributed by atoms with Crippen molar-refractivity contribution in [3.05, 3.63) is 46.0 Å². The van der Waals surface area contributed by atoms with E-state index in [9.17, 15) is 23.1 Å². The lowest BCUT2D eigenvalue weighted by Gasteiger charge is -2.38. The summed E-state index contributed by atoms with van der Waals surface area (Å²) in [6, 6.07) is 4.74. The third-order valence-electron chi connectivity index (χ3n) is 4.45. The number of benzene rings is 1. The van der Waals surface area contributed by atoms with Crippen molar-refractivity contribution in [2.75, 3.05) is 13.1 Å². The highest BCUT2D eigenvalue weighted by Gasteiger charge is 2.38. The van der Waals surface area contributed by atoms with E-state index in [1.54, 1.807) is 11.8 Å². The first kappa shape index (κ1) is 17.8. The molecular weight excluding hydrogens is 355 g/mol. The van der Waals surface area contributed by atoms with Crippen LogP contribution >= 0.6 is 11.5 Å². The van der Waals surface area contributed by atoms with Gasteiger partial charge in [-0.25, -0.2) is 0 Å². The molecule has 0 saturated carbocycles. The maximum Gasteiger partial charge on any atom is 0.416 e. The van der Waals surface area contributed by atoms with E-state index in [1.165, 1.54) is 12.1 Å². The van der Waals surface area contributed by atoms with Gasteiger partial charge in [0.1, 0.15) is 4.88 Å². The van der Waals surface area contributed by atoms with Crippen LogP contribution in [0.15, 0.2) is 24.3 Å². The fourth-order valence-corrected chi connectivity index (χ4v) is 3.55. The summed E-state index contributed by atoms with van der Waals surface area (Å²) in [5.74, 6) is -0.210. The molecular formula is C16H16F3N3O2S. The lowest BCUT2D eigenvalue weighted by atomic mass is 9.83. The van der Waals surface area contributed by atoms with Gasteiger partial charge in [0.05, 0.1) is 16.9 Å². The third-order valence-corrected chi connectivity index (χ3v) is 5.27. The second kappa shape index (κ2) is 6.38. The molecule has 9 heteroatoms. The van der Waals surface area contributed by atoms with Crippen LogP contribution in [0.25, 0.3) is 0 Å². The molecule has 1 aliphatic heterocycles. The Bertz CT molecular complexity index is 783. The van der Waals surface area contributed by atoms with Gasteiger partial charge in [-0.3, -0.25) is 4.79 Å². The number of likely N-dealkylation sites (tertiary alicyclic amines) is 1. The second-order valence-corrected chi connectivity index (χ2v) is 6.84. The molecule has 1 N–H and O–H groups in total. The Morgan fingerprint density at radius 1 is 1.32 bits per heavy atom. The van der Waals surface area contributed by atoms with Crippen molar-refractivity contribution in [2.24, 2.45) is 0 Å². The molecule has 1 amide bonds. The van der Waals surface area contributed by atoms with E-state index in [1.807, 2.05) is 0 Å². The van der Waals surface area contributed by atoms with E-state index in [0.29, 0.717) is 10.6 Å². The highest BCUT2D eigenvalue weighted by molar-refractivity contribution is 7.07. The molecule has 1 aromatic heterocycles. The number of hydrogen-bond acceptors (Lipinski definition) is 5. The van der Waals surface area contributed by atoms with Crippen LogP contribution in [-0.4, -0.2) is 38.6 Å². The number of carbonyl (C=O) groups excluding carboxylic acids is 1. The van der Waals surface area contributed by atoms with Gasteiger partial charge >= 0.3 is 6.18 Å². The summed E-state index contributed by atoms with van der Waals surface area (Å²) in [5, 5.41) is 14.6. The number of aryl methyl sites for hydroxylation is 1. The minimum Gasteiger partial charge on any atom is -0.385 e. The molecule has 1 saturated heterocycles. The van der Waals surface area contributed by atoms with Crippen molar-refractivity contribution in [1.82, 2.24) is 14.5 Å². The largest absolute Gasteiger partial charge is 0.416 e. The van der Waals surface area contributed by atoms with Crippen LogP contribution in [0.1, 0.15) is 39.3 Å². The van der Waals surface area contributed by atoms with Crippen LogP contribution in [0, 0.1) is 6.92 Å². The number of piperidine rings is 1. The Morgan fingerprint density at radius 3 is 2.56 bits per heavy atom. The third kappa shape index (κ3) is 3.52. The Morgan fingerprint density at radius 2 is 2.00 bits per heavy atom. The molecule has 5 nitrogen and oxygen atoms in total. The van der Waals surface area contributed by atoms with Crippen LogP contribution in [0.2, 0.25) is 0 Å². The quantitative estimate of drug-likeness (QED) is 0.881. The van der Waals surface area contributed by atoms with E-state index >= 15 is 0 Å². The summed E-state index contributed by atoms with van der Waals surface area (Å²) in [4.78, 5) is 14.5. The molecule has 0 radical (unpaired) electrons. The van der Waals surface area contributed by atoms with Crippen molar-refractivity contribution >= 4 is 17.4 Å². The maximum absolute atomic E-state index is 12.9. The normalized spacial score (nSPS) is 17.6. The number of amides is 1. The predicted octanol–water partition coefficient (Wildman–Crippen LogP) is 2.99. The number of hydrogen-bond donors (Lipinski definition) is 1. The van der Waals surface area contributed by atoms with Crippen LogP contribution in [-0.2, 0) is 11.8 Å². The van der Waals surface area contributed by atoms with E-state index in [4.69, 9.17) is 0 Å². The summed E-state index contributed by atoms with van der Waals surface area (Å²) in [6.45, 7) is 2.20. The fraction of sp³-hybridized carbons (Fsp3) is 0.438. The Kier molecular flexibility index (Phi) is 4.54.